The Hall–Kier alpha value is -1.59. The summed E-state index contributed by atoms with van der Waals surface area (Å²) in [4.78, 5) is 11.5. The van der Waals surface area contributed by atoms with Gasteiger partial charge in [0.1, 0.15) is 11.8 Å². The molecule has 0 bridgehead atoms. The number of hydrogen-bond donors (Lipinski definition) is 1. The van der Waals surface area contributed by atoms with Gasteiger partial charge < -0.3 is 19.9 Å². The second kappa shape index (κ2) is 7.68. The van der Waals surface area contributed by atoms with Crippen LogP contribution in [-0.2, 0) is 20.7 Å². The number of carbonyl (C=O) groups excluding carboxylic acids is 1. The van der Waals surface area contributed by atoms with Crippen molar-refractivity contribution in [1.82, 2.24) is 0 Å². The zero-order valence-electron chi connectivity index (χ0n) is 10.7. The van der Waals surface area contributed by atoms with Crippen molar-refractivity contribution in [3.63, 3.8) is 0 Å². The van der Waals surface area contributed by atoms with Crippen molar-refractivity contribution in [2.45, 2.75) is 19.4 Å². The molecule has 0 aromatic heterocycles. The minimum absolute atomic E-state index is 0.158. The summed E-state index contributed by atoms with van der Waals surface area (Å²) in [6.07, 6.45) is 0.374. The minimum Gasteiger partial charge on any atom is -0.467 e. The van der Waals surface area contributed by atoms with Gasteiger partial charge in [-0.1, -0.05) is 18.2 Å². The Morgan fingerprint density at radius 1 is 1.39 bits per heavy atom. The van der Waals surface area contributed by atoms with Gasteiger partial charge in [0, 0.05) is 13.5 Å². The van der Waals surface area contributed by atoms with Crippen molar-refractivity contribution >= 4 is 5.97 Å². The average molecular weight is 253 g/mol. The first kappa shape index (κ1) is 14.5. The Labute approximate surface area is 107 Å². The highest BCUT2D eigenvalue weighted by Crippen LogP contribution is 2.19. The number of methoxy groups -OCH3 is 1. The Morgan fingerprint density at radius 3 is 2.78 bits per heavy atom. The van der Waals surface area contributed by atoms with Crippen LogP contribution in [0.1, 0.15) is 12.5 Å². The molecule has 2 N–H and O–H groups in total. The van der Waals surface area contributed by atoms with E-state index in [1.165, 1.54) is 0 Å². The molecule has 18 heavy (non-hydrogen) atoms. The second-order valence-corrected chi connectivity index (χ2v) is 3.72. The van der Waals surface area contributed by atoms with Crippen LogP contribution in [0, 0.1) is 0 Å². The largest absolute Gasteiger partial charge is 0.467 e. The first-order chi connectivity index (χ1) is 8.69. The maximum Gasteiger partial charge on any atom is 0.323 e. The molecular formula is C13H19NO4. The summed E-state index contributed by atoms with van der Waals surface area (Å²) in [6, 6.07) is 6.71. The van der Waals surface area contributed by atoms with Crippen LogP contribution in [0.2, 0.25) is 0 Å². The van der Waals surface area contributed by atoms with Crippen LogP contribution < -0.4 is 10.5 Å². The molecule has 5 nitrogen and oxygen atoms in total. The lowest BCUT2D eigenvalue weighted by atomic mass is 10.1. The molecule has 100 valence electrons. The lowest BCUT2D eigenvalue weighted by Crippen LogP contribution is -2.34. The summed E-state index contributed by atoms with van der Waals surface area (Å²) < 4.78 is 15.1. The van der Waals surface area contributed by atoms with Gasteiger partial charge in [-0.15, -0.1) is 0 Å². The van der Waals surface area contributed by atoms with Crippen molar-refractivity contribution in [2.24, 2.45) is 5.73 Å². The van der Waals surface area contributed by atoms with E-state index >= 15 is 0 Å². The molecule has 0 radical (unpaired) electrons. The molecule has 1 rings (SSSR count). The lowest BCUT2D eigenvalue weighted by molar-refractivity contribution is -0.144. The summed E-state index contributed by atoms with van der Waals surface area (Å²) in [5, 5.41) is 0. The van der Waals surface area contributed by atoms with Gasteiger partial charge in [-0.2, -0.15) is 0 Å². The quantitative estimate of drug-likeness (QED) is 0.582. The van der Waals surface area contributed by atoms with E-state index in [0.717, 1.165) is 5.56 Å². The Bertz CT molecular complexity index is 381. The normalized spacial score (nSPS) is 11.9. The van der Waals surface area contributed by atoms with Crippen LogP contribution in [0.15, 0.2) is 24.3 Å². The molecule has 1 aromatic carbocycles. The highest BCUT2D eigenvalue weighted by Gasteiger charge is 2.17. The molecule has 1 aromatic rings. The summed E-state index contributed by atoms with van der Waals surface area (Å²) >= 11 is 0. The van der Waals surface area contributed by atoms with Gasteiger partial charge in [0.2, 0.25) is 0 Å². The molecule has 0 spiro atoms. The number of esters is 1. The highest BCUT2D eigenvalue weighted by atomic mass is 16.7. The molecule has 0 aliphatic heterocycles. The smallest absolute Gasteiger partial charge is 0.323 e. The average Bonchev–Trinajstić information content (AvgIpc) is 2.38. The number of hydrogen-bond acceptors (Lipinski definition) is 5. The summed E-state index contributed by atoms with van der Waals surface area (Å²) in [7, 11) is 1.55. The molecule has 1 unspecified atom stereocenters. The van der Waals surface area contributed by atoms with Gasteiger partial charge in [0.25, 0.3) is 0 Å². The van der Waals surface area contributed by atoms with Gasteiger partial charge >= 0.3 is 5.97 Å². The van der Waals surface area contributed by atoms with Crippen LogP contribution in [0.4, 0.5) is 0 Å². The van der Waals surface area contributed by atoms with E-state index in [4.69, 9.17) is 19.9 Å². The van der Waals surface area contributed by atoms with Crippen LogP contribution >= 0.6 is 0 Å². The number of rotatable bonds is 7. The first-order valence-corrected chi connectivity index (χ1v) is 5.80. The predicted octanol–water partition coefficient (Wildman–Crippen LogP) is 1.10. The number of benzene rings is 1. The van der Waals surface area contributed by atoms with Crippen LogP contribution in [0.3, 0.4) is 0 Å². The second-order valence-electron chi connectivity index (χ2n) is 3.72. The molecule has 0 heterocycles. The SMILES string of the molecule is CCOC(=O)C(N)Cc1ccccc1OCOC. The summed E-state index contributed by atoms with van der Waals surface area (Å²) in [6.45, 7) is 2.24. The lowest BCUT2D eigenvalue weighted by Gasteiger charge is -2.14. The van der Waals surface area contributed by atoms with E-state index in [2.05, 4.69) is 0 Å². The molecule has 5 heteroatoms. The van der Waals surface area contributed by atoms with Crippen LogP contribution in [0.25, 0.3) is 0 Å². The van der Waals surface area contributed by atoms with E-state index in [0.29, 0.717) is 18.8 Å². The fourth-order valence-electron chi connectivity index (χ4n) is 1.51. The monoisotopic (exact) mass is 253 g/mol. The Kier molecular flexibility index (Phi) is 6.18. The van der Waals surface area contributed by atoms with Crippen molar-refractivity contribution in [1.29, 1.82) is 0 Å². The molecular weight excluding hydrogens is 234 g/mol. The first-order valence-electron chi connectivity index (χ1n) is 5.80. The van der Waals surface area contributed by atoms with Gasteiger partial charge in [-0.25, -0.2) is 0 Å². The van der Waals surface area contributed by atoms with Gasteiger partial charge in [0.05, 0.1) is 6.61 Å². The summed E-state index contributed by atoms with van der Waals surface area (Å²) in [5.41, 5.74) is 6.63. The van der Waals surface area contributed by atoms with Gasteiger partial charge in [-0.05, 0) is 18.6 Å². The number of para-hydroxylation sites is 1. The topological polar surface area (TPSA) is 70.8 Å². The van der Waals surface area contributed by atoms with Gasteiger partial charge in [-0.3, -0.25) is 4.79 Å². The Balaban J connectivity index is 2.68. The van der Waals surface area contributed by atoms with E-state index in [1.54, 1.807) is 14.0 Å². The van der Waals surface area contributed by atoms with Crippen molar-refractivity contribution < 1.29 is 19.0 Å². The van der Waals surface area contributed by atoms with Crippen molar-refractivity contribution in [3.05, 3.63) is 29.8 Å². The fourth-order valence-corrected chi connectivity index (χ4v) is 1.51. The highest BCUT2D eigenvalue weighted by molar-refractivity contribution is 5.76. The standard InChI is InChI=1S/C13H19NO4/c1-3-17-13(15)11(14)8-10-6-4-5-7-12(10)18-9-16-2/h4-7,11H,3,8-9,14H2,1-2H3. The van der Waals surface area contributed by atoms with E-state index in [-0.39, 0.29) is 6.79 Å². The maximum atomic E-state index is 11.5. The third kappa shape index (κ3) is 4.35. The van der Waals surface area contributed by atoms with E-state index in [9.17, 15) is 4.79 Å². The molecule has 0 aliphatic rings. The molecule has 0 aliphatic carbocycles. The van der Waals surface area contributed by atoms with Crippen molar-refractivity contribution in [2.75, 3.05) is 20.5 Å². The molecule has 1 atom stereocenters. The maximum absolute atomic E-state index is 11.5. The van der Waals surface area contributed by atoms with Crippen LogP contribution in [0.5, 0.6) is 5.75 Å². The number of ether oxygens (including phenoxy) is 3. The number of carbonyl (C=O) groups is 1. The van der Waals surface area contributed by atoms with E-state index in [1.807, 2.05) is 24.3 Å². The molecule has 0 fully saturated rings. The van der Waals surface area contributed by atoms with Gasteiger partial charge in [0.15, 0.2) is 6.79 Å². The Morgan fingerprint density at radius 2 is 2.11 bits per heavy atom. The number of nitrogens with two attached hydrogens (primary N) is 1. The van der Waals surface area contributed by atoms with Crippen molar-refractivity contribution in [3.8, 4) is 5.75 Å². The zero-order valence-corrected chi connectivity index (χ0v) is 10.7. The predicted molar refractivity (Wildman–Crippen MR) is 67.3 cm³/mol. The summed E-state index contributed by atoms with van der Waals surface area (Å²) in [5.74, 6) is 0.262. The minimum atomic E-state index is -0.683. The molecule has 0 saturated carbocycles. The van der Waals surface area contributed by atoms with E-state index < -0.39 is 12.0 Å². The molecule has 0 saturated heterocycles. The molecule has 0 amide bonds. The van der Waals surface area contributed by atoms with Crippen LogP contribution in [-0.4, -0.2) is 32.5 Å². The third-order valence-electron chi connectivity index (χ3n) is 2.33. The fraction of sp³-hybridized carbons (Fsp3) is 0.462. The zero-order chi connectivity index (χ0) is 13.4. The third-order valence-corrected chi connectivity index (χ3v) is 2.33.